The predicted octanol–water partition coefficient (Wildman–Crippen LogP) is 2.78. The van der Waals surface area contributed by atoms with E-state index in [9.17, 15) is 14.6 Å². The minimum atomic E-state index is -0.954. The second-order valence-corrected chi connectivity index (χ2v) is 7.42. The summed E-state index contributed by atoms with van der Waals surface area (Å²) in [7, 11) is 0. The fourth-order valence-corrected chi connectivity index (χ4v) is 4.33. The molecule has 26 heavy (non-hydrogen) atoms. The molecular formula is C17H14FN5O2S. The van der Waals surface area contributed by atoms with Gasteiger partial charge in [0.2, 0.25) is 0 Å². The van der Waals surface area contributed by atoms with Crippen LogP contribution in [0.5, 0.6) is 5.75 Å². The molecule has 1 unspecified atom stereocenters. The van der Waals surface area contributed by atoms with Crippen molar-refractivity contribution in [2.24, 2.45) is 0 Å². The standard InChI is InChI=1S/C17H14FN5O2S/c18-11-5-10(3-4-13(11)24)23-7-12(20-21-23)16(25)15-17(9-1-2-9)26-14-6-19-8-22(14)15/h3-9,16,24-25H,1-2H2. The van der Waals surface area contributed by atoms with Crippen molar-refractivity contribution in [2.75, 3.05) is 0 Å². The Bertz CT molecular complexity index is 1110. The highest BCUT2D eigenvalue weighted by atomic mass is 32.1. The Morgan fingerprint density at radius 2 is 2.15 bits per heavy atom. The van der Waals surface area contributed by atoms with Gasteiger partial charge in [-0.05, 0) is 30.9 Å². The number of rotatable bonds is 4. The maximum atomic E-state index is 13.6. The first kappa shape index (κ1) is 15.5. The van der Waals surface area contributed by atoms with E-state index in [0.717, 1.165) is 34.3 Å². The third-order valence-electron chi connectivity index (χ3n) is 4.53. The minimum absolute atomic E-state index is 0.369. The number of aromatic hydroxyl groups is 1. The highest BCUT2D eigenvalue weighted by Gasteiger charge is 2.33. The van der Waals surface area contributed by atoms with Crippen LogP contribution < -0.4 is 0 Å². The number of nitrogens with zero attached hydrogens (tertiary/aromatic N) is 5. The van der Waals surface area contributed by atoms with Crippen LogP contribution in [0.3, 0.4) is 0 Å². The molecule has 0 aliphatic heterocycles. The summed E-state index contributed by atoms with van der Waals surface area (Å²) < 4.78 is 16.8. The molecule has 2 N–H and O–H groups in total. The van der Waals surface area contributed by atoms with E-state index in [1.54, 1.807) is 30.1 Å². The molecule has 0 radical (unpaired) electrons. The van der Waals surface area contributed by atoms with Crippen molar-refractivity contribution in [1.29, 1.82) is 0 Å². The molecule has 0 saturated heterocycles. The number of halogens is 1. The summed E-state index contributed by atoms with van der Waals surface area (Å²) in [6, 6.07) is 3.94. The molecule has 1 aromatic carbocycles. The monoisotopic (exact) mass is 371 g/mol. The zero-order valence-electron chi connectivity index (χ0n) is 13.4. The molecule has 4 aromatic rings. The lowest BCUT2D eigenvalue weighted by atomic mass is 10.1. The van der Waals surface area contributed by atoms with Gasteiger partial charge in [0.1, 0.15) is 23.0 Å². The Balaban J connectivity index is 1.55. The summed E-state index contributed by atoms with van der Waals surface area (Å²) in [5.74, 6) is -0.691. The largest absolute Gasteiger partial charge is 0.505 e. The Labute approximate surface area is 151 Å². The molecule has 5 rings (SSSR count). The number of aromatic nitrogens is 5. The third kappa shape index (κ3) is 2.39. The van der Waals surface area contributed by atoms with Gasteiger partial charge in [-0.2, -0.15) is 0 Å². The maximum absolute atomic E-state index is 13.6. The van der Waals surface area contributed by atoms with Crippen LogP contribution in [0.1, 0.15) is 41.1 Å². The van der Waals surface area contributed by atoms with E-state index < -0.39 is 17.7 Å². The van der Waals surface area contributed by atoms with E-state index in [1.165, 1.54) is 16.8 Å². The molecule has 132 valence electrons. The lowest BCUT2D eigenvalue weighted by Crippen LogP contribution is -2.06. The molecule has 3 heterocycles. The Kier molecular flexibility index (Phi) is 3.34. The van der Waals surface area contributed by atoms with Crippen molar-refractivity contribution in [1.82, 2.24) is 24.4 Å². The van der Waals surface area contributed by atoms with Gasteiger partial charge >= 0.3 is 0 Å². The third-order valence-corrected chi connectivity index (χ3v) is 5.80. The molecule has 9 heteroatoms. The van der Waals surface area contributed by atoms with E-state index in [0.29, 0.717) is 17.3 Å². The summed E-state index contributed by atoms with van der Waals surface area (Å²) >= 11 is 1.64. The van der Waals surface area contributed by atoms with Gasteiger partial charge < -0.3 is 10.2 Å². The highest BCUT2D eigenvalue weighted by Crippen LogP contribution is 2.47. The van der Waals surface area contributed by atoms with Crippen molar-refractivity contribution >= 4 is 16.2 Å². The van der Waals surface area contributed by atoms with E-state index >= 15 is 0 Å². The quantitative estimate of drug-likeness (QED) is 0.576. The average molecular weight is 371 g/mol. The van der Waals surface area contributed by atoms with Gasteiger partial charge in [0.25, 0.3) is 0 Å². The van der Waals surface area contributed by atoms with E-state index in [2.05, 4.69) is 15.3 Å². The Morgan fingerprint density at radius 1 is 1.31 bits per heavy atom. The first-order valence-corrected chi connectivity index (χ1v) is 8.97. The molecule has 0 spiro atoms. The molecule has 1 fully saturated rings. The number of hydrogen-bond donors (Lipinski definition) is 2. The van der Waals surface area contributed by atoms with Crippen molar-refractivity contribution in [3.05, 3.63) is 59.0 Å². The number of aliphatic hydroxyl groups is 1. The number of thiazole rings is 1. The van der Waals surface area contributed by atoms with Gasteiger partial charge in [-0.1, -0.05) is 5.21 Å². The van der Waals surface area contributed by atoms with Gasteiger partial charge in [-0.25, -0.2) is 14.1 Å². The SMILES string of the molecule is Oc1ccc(-n2cc(C(O)c3c(C4CC4)sc4cncn34)nn2)cc1F. The zero-order valence-corrected chi connectivity index (χ0v) is 14.3. The molecular weight excluding hydrogens is 357 g/mol. The second kappa shape index (κ2) is 5.61. The van der Waals surface area contributed by atoms with Crippen LogP contribution in [0.2, 0.25) is 0 Å². The van der Waals surface area contributed by atoms with Gasteiger partial charge in [0.05, 0.1) is 23.8 Å². The fourth-order valence-electron chi connectivity index (χ4n) is 3.03. The van der Waals surface area contributed by atoms with Crippen LogP contribution in [-0.4, -0.2) is 34.6 Å². The molecule has 0 bridgehead atoms. The minimum Gasteiger partial charge on any atom is -0.505 e. The average Bonchev–Trinajstić information content (AvgIpc) is 3.06. The van der Waals surface area contributed by atoms with Crippen molar-refractivity contribution in [3.63, 3.8) is 0 Å². The summed E-state index contributed by atoms with van der Waals surface area (Å²) in [6.07, 6.45) is 6.32. The number of benzene rings is 1. The van der Waals surface area contributed by atoms with Crippen LogP contribution in [0.15, 0.2) is 36.9 Å². The first-order valence-electron chi connectivity index (χ1n) is 8.15. The first-order chi connectivity index (χ1) is 12.6. The Hall–Kier alpha value is -2.78. The van der Waals surface area contributed by atoms with Crippen molar-refractivity contribution in [2.45, 2.75) is 24.9 Å². The molecule has 1 aliphatic carbocycles. The molecule has 3 aromatic heterocycles. The number of fused-ring (bicyclic) bond motifs is 1. The molecule has 7 nitrogen and oxygen atoms in total. The van der Waals surface area contributed by atoms with Gasteiger partial charge in [0.15, 0.2) is 11.6 Å². The number of imidazole rings is 1. The topological polar surface area (TPSA) is 88.5 Å². The number of aliphatic hydroxyl groups excluding tert-OH is 1. The van der Waals surface area contributed by atoms with E-state index in [1.807, 2.05) is 4.40 Å². The molecule has 1 atom stereocenters. The van der Waals surface area contributed by atoms with Crippen LogP contribution in [0.4, 0.5) is 4.39 Å². The van der Waals surface area contributed by atoms with Crippen molar-refractivity contribution in [3.8, 4) is 11.4 Å². The summed E-state index contributed by atoms with van der Waals surface area (Å²) in [5, 5.41) is 28.3. The van der Waals surface area contributed by atoms with Gasteiger partial charge in [-0.3, -0.25) is 4.40 Å². The van der Waals surface area contributed by atoms with E-state index in [4.69, 9.17) is 0 Å². The number of phenolic OH excluding ortho intramolecular Hbond substituents is 1. The normalized spacial score (nSPS) is 15.6. The molecule has 0 amide bonds. The molecule has 1 saturated carbocycles. The Morgan fingerprint density at radius 3 is 2.92 bits per heavy atom. The summed E-state index contributed by atoms with van der Waals surface area (Å²) in [5.41, 5.74) is 1.55. The smallest absolute Gasteiger partial charge is 0.166 e. The highest BCUT2D eigenvalue weighted by molar-refractivity contribution is 7.17. The summed E-state index contributed by atoms with van der Waals surface area (Å²) in [6.45, 7) is 0. The molecule has 1 aliphatic rings. The van der Waals surface area contributed by atoms with Gasteiger partial charge in [0, 0.05) is 10.9 Å². The zero-order chi connectivity index (χ0) is 17.8. The maximum Gasteiger partial charge on any atom is 0.166 e. The predicted molar refractivity (Wildman–Crippen MR) is 92.1 cm³/mol. The lowest BCUT2D eigenvalue weighted by Gasteiger charge is -2.09. The fraction of sp³-hybridized carbons (Fsp3) is 0.235. The van der Waals surface area contributed by atoms with E-state index in [-0.39, 0.29) is 0 Å². The van der Waals surface area contributed by atoms with Crippen LogP contribution in [-0.2, 0) is 0 Å². The van der Waals surface area contributed by atoms with Crippen molar-refractivity contribution < 1.29 is 14.6 Å². The second-order valence-electron chi connectivity index (χ2n) is 6.35. The lowest BCUT2D eigenvalue weighted by molar-refractivity contribution is 0.208. The number of hydrogen-bond acceptors (Lipinski definition) is 6. The number of phenols is 1. The van der Waals surface area contributed by atoms with Crippen LogP contribution >= 0.6 is 11.3 Å². The van der Waals surface area contributed by atoms with Crippen LogP contribution in [0, 0.1) is 5.82 Å². The van der Waals surface area contributed by atoms with Crippen LogP contribution in [0.25, 0.3) is 10.5 Å². The van der Waals surface area contributed by atoms with Gasteiger partial charge in [-0.15, -0.1) is 16.4 Å². The summed E-state index contributed by atoms with van der Waals surface area (Å²) in [4.78, 5) is 6.28.